The first-order chi connectivity index (χ1) is 6.83. The molecule has 84 valence electrons. The average molecular weight is 232 g/mol. The van der Waals surface area contributed by atoms with Crippen molar-refractivity contribution in [3.8, 4) is 5.75 Å². The van der Waals surface area contributed by atoms with Crippen LogP contribution in [0.3, 0.4) is 0 Å². The maximum Gasteiger partial charge on any atom is 0.169 e. The Labute approximate surface area is 95.2 Å². The molecular weight excluding hydrogens is 217 g/mol. The van der Waals surface area contributed by atoms with Gasteiger partial charge in [0.25, 0.3) is 0 Å². The Kier molecular flexibility index (Phi) is 4.36. The summed E-state index contributed by atoms with van der Waals surface area (Å²) in [6, 6.07) is 5.45. The third-order valence-corrected chi connectivity index (χ3v) is 2.65. The average Bonchev–Trinajstić information content (AvgIpc) is 2.71. The number of halogens is 2. The predicted octanol–water partition coefficient (Wildman–Crippen LogP) is 2.68. The normalized spacial score (nSPS) is 19.7. The molecule has 0 aliphatic carbocycles. The van der Waals surface area contributed by atoms with Gasteiger partial charge in [0.05, 0.1) is 7.11 Å². The zero-order chi connectivity index (χ0) is 9.97. The highest BCUT2D eigenvalue weighted by molar-refractivity contribution is 5.85. The molecule has 2 rings (SSSR count). The van der Waals surface area contributed by atoms with Crippen molar-refractivity contribution >= 4 is 12.4 Å². The van der Waals surface area contributed by atoms with Gasteiger partial charge in [-0.25, -0.2) is 4.39 Å². The van der Waals surface area contributed by atoms with Gasteiger partial charge in [-0.05, 0) is 25.5 Å². The lowest BCUT2D eigenvalue weighted by atomic mass is 10.0. The standard InChI is InChI=1S/C11H14FNO.ClH/c1-14-10-6-2-4-8(11(10)12)9-5-3-7-13-9;/h2,4,6,9,13H,3,5,7H2,1H3;1H/t9-;/m0./s1. The van der Waals surface area contributed by atoms with Gasteiger partial charge >= 0.3 is 0 Å². The number of rotatable bonds is 2. The minimum Gasteiger partial charge on any atom is -0.494 e. The molecule has 0 amide bonds. The summed E-state index contributed by atoms with van der Waals surface area (Å²) in [4.78, 5) is 0. The number of methoxy groups -OCH3 is 1. The molecule has 0 spiro atoms. The first-order valence-corrected chi connectivity index (χ1v) is 4.88. The van der Waals surface area contributed by atoms with E-state index >= 15 is 0 Å². The van der Waals surface area contributed by atoms with E-state index in [1.165, 1.54) is 7.11 Å². The summed E-state index contributed by atoms with van der Waals surface area (Å²) in [7, 11) is 1.49. The monoisotopic (exact) mass is 231 g/mol. The second-order valence-electron chi connectivity index (χ2n) is 3.51. The molecule has 1 fully saturated rings. The second-order valence-corrected chi connectivity index (χ2v) is 3.51. The van der Waals surface area contributed by atoms with E-state index in [1.54, 1.807) is 6.07 Å². The Bertz CT molecular complexity index is 326. The second kappa shape index (κ2) is 5.33. The topological polar surface area (TPSA) is 21.3 Å². The zero-order valence-corrected chi connectivity index (χ0v) is 9.44. The van der Waals surface area contributed by atoms with Gasteiger partial charge in [0.1, 0.15) is 0 Å². The van der Waals surface area contributed by atoms with E-state index in [4.69, 9.17) is 4.74 Å². The summed E-state index contributed by atoms with van der Waals surface area (Å²) < 4.78 is 18.7. The molecule has 0 bridgehead atoms. The van der Waals surface area contributed by atoms with Gasteiger partial charge in [-0.2, -0.15) is 0 Å². The minimum atomic E-state index is -0.227. The van der Waals surface area contributed by atoms with Crippen LogP contribution >= 0.6 is 12.4 Å². The fourth-order valence-electron chi connectivity index (χ4n) is 1.90. The van der Waals surface area contributed by atoms with Crippen molar-refractivity contribution in [3.63, 3.8) is 0 Å². The lowest BCUT2D eigenvalue weighted by molar-refractivity contribution is 0.381. The van der Waals surface area contributed by atoms with Crippen molar-refractivity contribution in [2.45, 2.75) is 18.9 Å². The van der Waals surface area contributed by atoms with Crippen LogP contribution in [0.15, 0.2) is 18.2 Å². The molecule has 1 saturated heterocycles. The van der Waals surface area contributed by atoms with E-state index < -0.39 is 0 Å². The summed E-state index contributed by atoms with van der Waals surface area (Å²) in [5.41, 5.74) is 0.724. The van der Waals surface area contributed by atoms with E-state index in [-0.39, 0.29) is 24.3 Å². The molecule has 4 heteroatoms. The molecule has 1 aromatic carbocycles. The van der Waals surface area contributed by atoms with Gasteiger partial charge in [0.2, 0.25) is 0 Å². The molecule has 0 aromatic heterocycles. The summed E-state index contributed by atoms with van der Waals surface area (Å²) >= 11 is 0. The molecule has 1 atom stereocenters. The third-order valence-electron chi connectivity index (χ3n) is 2.65. The van der Waals surface area contributed by atoms with E-state index in [2.05, 4.69) is 5.32 Å². The minimum absolute atomic E-state index is 0. The Morgan fingerprint density at radius 3 is 2.87 bits per heavy atom. The van der Waals surface area contributed by atoms with Gasteiger partial charge in [-0.1, -0.05) is 12.1 Å². The fraction of sp³-hybridized carbons (Fsp3) is 0.455. The van der Waals surface area contributed by atoms with Gasteiger partial charge in [0, 0.05) is 11.6 Å². The highest BCUT2D eigenvalue weighted by Crippen LogP contribution is 2.29. The summed E-state index contributed by atoms with van der Waals surface area (Å²) in [6.45, 7) is 0.974. The van der Waals surface area contributed by atoms with E-state index in [0.717, 1.165) is 24.9 Å². The summed E-state index contributed by atoms with van der Waals surface area (Å²) in [5, 5.41) is 3.27. The largest absolute Gasteiger partial charge is 0.494 e. The molecule has 1 aliphatic rings. The van der Waals surface area contributed by atoms with Crippen LogP contribution in [0.5, 0.6) is 5.75 Å². The molecule has 1 heterocycles. The Balaban J connectivity index is 0.00000112. The lowest BCUT2D eigenvalue weighted by Gasteiger charge is -2.13. The van der Waals surface area contributed by atoms with Crippen LogP contribution < -0.4 is 10.1 Å². The van der Waals surface area contributed by atoms with Crippen LogP contribution in [0.4, 0.5) is 4.39 Å². The summed E-state index contributed by atoms with van der Waals surface area (Å²) in [5.74, 6) is 0.102. The number of benzene rings is 1. The van der Waals surface area contributed by atoms with Crippen molar-refractivity contribution in [2.24, 2.45) is 0 Å². The molecule has 2 nitrogen and oxygen atoms in total. The molecule has 0 unspecified atom stereocenters. The molecule has 0 saturated carbocycles. The third kappa shape index (κ3) is 2.41. The fourth-order valence-corrected chi connectivity index (χ4v) is 1.90. The number of hydrogen-bond donors (Lipinski definition) is 1. The highest BCUT2D eigenvalue weighted by atomic mass is 35.5. The number of nitrogens with one attached hydrogen (secondary N) is 1. The Hall–Kier alpha value is -0.800. The Morgan fingerprint density at radius 2 is 2.27 bits per heavy atom. The smallest absolute Gasteiger partial charge is 0.169 e. The van der Waals surface area contributed by atoms with Crippen molar-refractivity contribution < 1.29 is 9.13 Å². The predicted molar refractivity (Wildman–Crippen MR) is 60.2 cm³/mol. The first kappa shape index (κ1) is 12.3. The SMILES string of the molecule is COc1cccc([C@@H]2CCCN2)c1F.Cl. The highest BCUT2D eigenvalue weighted by Gasteiger charge is 2.20. The molecule has 1 aromatic rings. The van der Waals surface area contributed by atoms with Crippen LogP contribution in [0.25, 0.3) is 0 Å². The van der Waals surface area contributed by atoms with Crippen molar-refractivity contribution in [1.29, 1.82) is 0 Å². The molecule has 0 radical (unpaired) electrons. The molecule has 15 heavy (non-hydrogen) atoms. The Morgan fingerprint density at radius 1 is 1.47 bits per heavy atom. The maximum atomic E-state index is 13.8. The van der Waals surface area contributed by atoms with E-state index in [0.29, 0.717) is 5.75 Å². The first-order valence-electron chi connectivity index (χ1n) is 4.88. The zero-order valence-electron chi connectivity index (χ0n) is 8.63. The van der Waals surface area contributed by atoms with Crippen LogP contribution in [0.1, 0.15) is 24.4 Å². The van der Waals surface area contributed by atoms with Crippen LogP contribution in [-0.2, 0) is 0 Å². The van der Waals surface area contributed by atoms with Gasteiger partial charge < -0.3 is 10.1 Å². The van der Waals surface area contributed by atoms with Crippen LogP contribution in [0, 0.1) is 5.82 Å². The molecule has 1 N–H and O–H groups in total. The van der Waals surface area contributed by atoms with Gasteiger partial charge in [-0.3, -0.25) is 0 Å². The van der Waals surface area contributed by atoms with Gasteiger partial charge in [0.15, 0.2) is 11.6 Å². The van der Waals surface area contributed by atoms with Crippen molar-refractivity contribution in [2.75, 3.05) is 13.7 Å². The van der Waals surface area contributed by atoms with E-state index in [1.807, 2.05) is 12.1 Å². The number of ether oxygens (including phenoxy) is 1. The van der Waals surface area contributed by atoms with Gasteiger partial charge in [-0.15, -0.1) is 12.4 Å². The van der Waals surface area contributed by atoms with Crippen molar-refractivity contribution in [1.82, 2.24) is 5.32 Å². The summed E-state index contributed by atoms with van der Waals surface area (Å²) in [6.07, 6.45) is 2.12. The van der Waals surface area contributed by atoms with Crippen LogP contribution in [-0.4, -0.2) is 13.7 Å². The van der Waals surface area contributed by atoms with Crippen LogP contribution in [0.2, 0.25) is 0 Å². The quantitative estimate of drug-likeness (QED) is 0.845. The van der Waals surface area contributed by atoms with E-state index in [9.17, 15) is 4.39 Å². The molecular formula is C11H15ClFNO. The molecule has 1 aliphatic heterocycles. The number of hydrogen-bond acceptors (Lipinski definition) is 2. The lowest BCUT2D eigenvalue weighted by Crippen LogP contribution is -2.14. The van der Waals surface area contributed by atoms with Crippen molar-refractivity contribution in [3.05, 3.63) is 29.6 Å². The maximum absolute atomic E-state index is 13.8.